The van der Waals surface area contributed by atoms with Crippen molar-refractivity contribution in [2.45, 2.75) is 108 Å². The van der Waals surface area contributed by atoms with Crippen LogP contribution >= 0.6 is 0 Å². The fourth-order valence-electron chi connectivity index (χ4n) is 8.83. The van der Waals surface area contributed by atoms with Crippen LogP contribution in [0.2, 0.25) is 0 Å². The van der Waals surface area contributed by atoms with Crippen molar-refractivity contribution in [3.63, 3.8) is 0 Å². The number of benzene rings is 1. The molecule has 1 amide bonds. The Balaban J connectivity index is 1.47. The minimum absolute atomic E-state index is 0.00603. The monoisotopic (exact) mass is 693 g/mol. The molecular weight excluding hydrogens is 649 g/mol. The van der Waals surface area contributed by atoms with E-state index in [9.17, 15) is 32.7 Å². The molecule has 7 atom stereocenters. The van der Waals surface area contributed by atoms with Crippen molar-refractivity contribution in [2.75, 3.05) is 6.61 Å². The molecule has 0 saturated heterocycles. The maximum absolute atomic E-state index is 15.3. The molecule has 0 bridgehead atoms. The number of aliphatic hydroxyl groups is 1. The topological polar surface area (TPSA) is 102 Å². The Morgan fingerprint density at radius 1 is 1.08 bits per heavy atom. The molecule has 268 valence electrons. The van der Waals surface area contributed by atoms with Gasteiger partial charge in [0.1, 0.15) is 24.4 Å². The molecule has 0 radical (unpaired) electrons. The number of carbonyl (C=O) groups is 3. The van der Waals surface area contributed by atoms with E-state index in [1.807, 2.05) is 0 Å². The fraction of sp³-hybridized carbons (Fsp3) is 0.595. The van der Waals surface area contributed by atoms with E-state index in [0.717, 1.165) is 16.7 Å². The number of halogens is 5. The first-order valence-electron chi connectivity index (χ1n) is 16.8. The molecule has 0 aliphatic heterocycles. The number of fused-ring (bicyclic) bond motifs is 4. The number of hydrogen-bond donors (Lipinski definition) is 2. The maximum Gasteiger partial charge on any atom is 0.456 e. The highest BCUT2D eigenvalue weighted by molar-refractivity contribution is 5.93. The van der Waals surface area contributed by atoms with Crippen molar-refractivity contribution in [2.24, 2.45) is 23.2 Å². The number of nitrogens with one attached hydrogen (secondary N) is 1. The highest BCUT2D eigenvalue weighted by Crippen LogP contribution is 2.70. The fourth-order valence-corrected chi connectivity index (χ4v) is 8.83. The minimum atomic E-state index is -5.93. The van der Waals surface area contributed by atoms with Crippen LogP contribution in [-0.2, 0) is 19.1 Å². The average molecular weight is 694 g/mol. The summed E-state index contributed by atoms with van der Waals surface area (Å²) in [6, 6.07) is 5.95. The van der Waals surface area contributed by atoms with E-state index >= 15 is 8.78 Å². The van der Waals surface area contributed by atoms with Gasteiger partial charge in [0.15, 0.2) is 5.78 Å². The first-order valence-corrected chi connectivity index (χ1v) is 16.8. The number of carbonyl (C=O) groups excluding carboxylic acids is 3. The van der Waals surface area contributed by atoms with Gasteiger partial charge in [-0.15, -0.1) is 0 Å². The summed E-state index contributed by atoms with van der Waals surface area (Å²) < 4.78 is 82.7. The van der Waals surface area contributed by atoms with Gasteiger partial charge >= 0.3 is 24.2 Å². The van der Waals surface area contributed by atoms with Crippen LogP contribution in [0.5, 0.6) is 0 Å². The summed E-state index contributed by atoms with van der Waals surface area (Å²) in [5.41, 5.74) is -0.953. The number of esters is 1. The number of alkyl halides is 5. The van der Waals surface area contributed by atoms with Crippen LogP contribution in [0.15, 0.2) is 59.7 Å². The molecule has 2 N–H and O–H groups in total. The molecule has 49 heavy (non-hydrogen) atoms. The summed E-state index contributed by atoms with van der Waals surface area (Å²) in [6.45, 7) is 9.96. The van der Waals surface area contributed by atoms with Gasteiger partial charge in [-0.05, 0) is 91.6 Å². The molecular formula is C37H44F5NO6. The number of ether oxygens (including phenoxy) is 2. The van der Waals surface area contributed by atoms with E-state index in [1.165, 1.54) is 13.0 Å². The molecule has 2 unspecified atom stereocenters. The molecule has 12 heteroatoms. The number of alkyl carbamates (subject to hydrolysis) is 1. The third kappa shape index (κ3) is 6.34. The van der Waals surface area contributed by atoms with E-state index in [4.69, 9.17) is 9.47 Å². The Kier molecular flexibility index (Phi) is 9.97. The lowest BCUT2D eigenvalue weighted by atomic mass is 9.50. The summed E-state index contributed by atoms with van der Waals surface area (Å²) in [5, 5.41) is 14.0. The van der Waals surface area contributed by atoms with Gasteiger partial charge in [-0.3, -0.25) is 4.79 Å². The highest BCUT2D eigenvalue weighted by Gasteiger charge is 2.79. The third-order valence-corrected chi connectivity index (χ3v) is 11.4. The van der Waals surface area contributed by atoms with E-state index in [1.54, 1.807) is 51.1 Å². The molecule has 0 heterocycles. The van der Waals surface area contributed by atoms with Crippen molar-refractivity contribution in [3.05, 3.63) is 70.8 Å². The quantitative estimate of drug-likeness (QED) is 0.154. The van der Waals surface area contributed by atoms with Crippen LogP contribution in [-0.4, -0.2) is 53.3 Å². The second kappa shape index (κ2) is 13.3. The molecule has 4 aliphatic rings. The second-order valence-corrected chi connectivity index (χ2v) is 14.5. The van der Waals surface area contributed by atoms with Crippen molar-refractivity contribution in [1.82, 2.24) is 5.32 Å². The van der Waals surface area contributed by atoms with E-state index in [2.05, 4.69) is 11.9 Å². The Morgan fingerprint density at radius 3 is 2.37 bits per heavy atom. The van der Waals surface area contributed by atoms with Gasteiger partial charge in [-0.1, -0.05) is 63.3 Å². The highest BCUT2D eigenvalue weighted by atomic mass is 19.4. The zero-order chi connectivity index (χ0) is 36.1. The standard InChI is InChI=1S/C37H44F5NO6/c1-6-17-48-33(46)43-31(20(2)3)32(45)49-21(4)22-7-9-23(10-8-22)28-19-34(5)29(15-16-35(34,47)36(38,39)37(40,41)42)27-13-11-24-18-25(44)12-14-26(24)30(27)28/h6-10,18,20-21,27-29,31,47H,1,11-17,19H2,2-5H3,(H,43,46)/t21-,27?,28-,29?,31+,34+,35+/m1/s1. The van der Waals surface area contributed by atoms with Crippen LogP contribution in [0.3, 0.4) is 0 Å². The van der Waals surface area contributed by atoms with Crippen molar-refractivity contribution < 1.29 is 50.9 Å². The first-order chi connectivity index (χ1) is 22.9. The van der Waals surface area contributed by atoms with Crippen LogP contribution in [0, 0.1) is 23.2 Å². The SMILES string of the molecule is C=CCOC(=O)N[C@H](C(=O)O[C@H](C)c1ccc([C@H]2C[C@@]3(C)C(CC[C@@]3(O)C(F)(F)C(F)(F)F)C3CCC4=CC(=O)CCC4=C32)cc1)C(C)C. The number of amides is 1. The smallest absolute Gasteiger partial charge is 0.456 e. The Labute approximate surface area is 283 Å². The van der Waals surface area contributed by atoms with Crippen molar-refractivity contribution in [3.8, 4) is 0 Å². The summed E-state index contributed by atoms with van der Waals surface area (Å²) >= 11 is 0. The van der Waals surface area contributed by atoms with Crippen LogP contribution in [0.1, 0.15) is 95.8 Å². The van der Waals surface area contributed by atoms with E-state index < -0.39 is 65.6 Å². The summed E-state index contributed by atoms with van der Waals surface area (Å²) in [5.74, 6) is -7.83. The molecule has 0 spiro atoms. The Hall–Kier alpha value is -3.54. The molecule has 4 aliphatic carbocycles. The Bertz CT molecular complexity index is 1550. The second-order valence-electron chi connectivity index (χ2n) is 14.5. The lowest BCUT2D eigenvalue weighted by molar-refractivity contribution is -0.362. The van der Waals surface area contributed by atoms with E-state index in [0.29, 0.717) is 36.8 Å². The number of ketones is 1. The predicted octanol–water partition coefficient (Wildman–Crippen LogP) is 8.06. The zero-order valence-electron chi connectivity index (χ0n) is 28.2. The molecule has 2 fully saturated rings. The summed E-state index contributed by atoms with van der Waals surface area (Å²) in [7, 11) is 0. The van der Waals surface area contributed by atoms with Gasteiger partial charge in [0.25, 0.3) is 0 Å². The van der Waals surface area contributed by atoms with Gasteiger partial charge in [-0.2, -0.15) is 22.0 Å². The van der Waals surface area contributed by atoms with Crippen molar-refractivity contribution >= 4 is 17.8 Å². The minimum Gasteiger partial charge on any atom is -0.456 e. The largest absolute Gasteiger partial charge is 0.456 e. The molecule has 1 aromatic carbocycles. The molecule has 7 nitrogen and oxygen atoms in total. The van der Waals surface area contributed by atoms with Gasteiger partial charge in [0.05, 0.1) is 0 Å². The molecule has 1 aromatic rings. The normalized spacial score (nSPS) is 29.7. The predicted molar refractivity (Wildman–Crippen MR) is 170 cm³/mol. The first kappa shape index (κ1) is 36.7. The van der Waals surface area contributed by atoms with Crippen LogP contribution in [0.25, 0.3) is 0 Å². The van der Waals surface area contributed by atoms with Crippen LogP contribution in [0.4, 0.5) is 26.7 Å². The van der Waals surface area contributed by atoms with E-state index in [-0.39, 0.29) is 37.1 Å². The van der Waals surface area contributed by atoms with Gasteiger partial charge in [-0.25, -0.2) is 9.59 Å². The number of rotatable bonds is 9. The number of hydrogen-bond acceptors (Lipinski definition) is 6. The average Bonchev–Trinajstić information content (AvgIpc) is 3.32. The van der Waals surface area contributed by atoms with Gasteiger partial charge in [0, 0.05) is 17.8 Å². The van der Waals surface area contributed by atoms with Gasteiger partial charge in [0.2, 0.25) is 0 Å². The molecule has 0 aromatic heterocycles. The van der Waals surface area contributed by atoms with Crippen LogP contribution < -0.4 is 5.32 Å². The van der Waals surface area contributed by atoms with Crippen molar-refractivity contribution in [1.29, 1.82) is 0 Å². The maximum atomic E-state index is 15.3. The van der Waals surface area contributed by atoms with Gasteiger partial charge < -0.3 is 19.9 Å². The lowest BCUT2D eigenvalue weighted by Gasteiger charge is -2.56. The number of allylic oxidation sites excluding steroid dienone is 4. The molecule has 5 rings (SSSR count). The summed E-state index contributed by atoms with van der Waals surface area (Å²) in [4.78, 5) is 37.4. The Morgan fingerprint density at radius 2 is 1.76 bits per heavy atom. The molecule has 2 saturated carbocycles. The zero-order valence-corrected chi connectivity index (χ0v) is 28.2. The summed E-state index contributed by atoms with van der Waals surface area (Å²) in [6.07, 6.45) is -3.46. The lowest BCUT2D eigenvalue weighted by Crippen LogP contribution is -2.65. The third-order valence-electron chi connectivity index (χ3n) is 11.4.